The zero-order valence-electron chi connectivity index (χ0n) is 18.0. The highest BCUT2D eigenvalue weighted by Gasteiger charge is 2.20. The van der Waals surface area contributed by atoms with Crippen LogP contribution in [-0.2, 0) is 0 Å². The first-order chi connectivity index (χ1) is 16.0. The molecule has 0 bridgehead atoms. The summed E-state index contributed by atoms with van der Waals surface area (Å²) in [6.45, 7) is 4.41. The van der Waals surface area contributed by atoms with E-state index < -0.39 is 0 Å². The Morgan fingerprint density at radius 3 is 2.09 bits per heavy atom. The molecule has 0 aromatic heterocycles. The Balaban J connectivity index is 1.37. The van der Waals surface area contributed by atoms with Crippen LogP contribution < -0.4 is 10.2 Å². The van der Waals surface area contributed by atoms with Crippen molar-refractivity contribution in [3.8, 4) is 0 Å². The van der Waals surface area contributed by atoms with Crippen LogP contribution in [0.1, 0.15) is 15.9 Å². The van der Waals surface area contributed by atoms with Crippen LogP contribution in [0.2, 0.25) is 15.1 Å². The van der Waals surface area contributed by atoms with Gasteiger partial charge in [-0.25, -0.2) is 0 Å². The van der Waals surface area contributed by atoms with Gasteiger partial charge >= 0.3 is 0 Å². The van der Waals surface area contributed by atoms with Crippen LogP contribution in [-0.4, -0.2) is 43.5 Å². The average Bonchev–Trinajstić information content (AvgIpc) is 2.82. The smallest absolute Gasteiger partial charge is 0.255 e. The van der Waals surface area contributed by atoms with Gasteiger partial charge in [-0.05, 0) is 60.2 Å². The molecule has 1 amide bonds. The third kappa shape index (κ3) is 6.52. The summed E-state index contributed by atoms with van der Waals surface area (Å²) in [5, 5.41) is 5.00. The lowest BCUT2D eigenvalue weighted by atomic mass is 10.1. The lowest BCUT2D eigenvalue weighted by molar-refractivity contribution is 0.102. The quantitative estimate of drug-likeness (QED) is 0.407. The van der Waals surface area contributed by atoms with Crippen LogP contribution in [0.15, 0.2) is 72.8 Å². The van der Waals surface area contributed by atoms with E-state index in [1.807, 2.05) is 36.4 Å². The Kier molecular flexibility index (Phi) is 7.94. The van der Waals surface area contributed by atoms with Crippen molar-refractivity contribution in [2.24, 2.45) is 0 Å². The monoisotopic (exact) mass is 499 g/mol. The summed E-state index contributed by atoms with van der Waals surface area (Å²) in [5.74, 6) is -0.179. The van der Waals surface area contributed by atoms with Gasteiger partial charge in [0.25, 0.3) is 5.91 Å². The highest BCUT2D eigenvalue weighted by atomic mass is 35.5. The molecule has 4 rings (SSSR count). The molecule has 170 valence electrons. The van der Waals surface area contributed by atoms with Gasteiger partial charge in [0.15, 0.2) is 0 Å². The number of benzene rings is 3. The maximum atomic E-state index is 12.7. The Bertz CT molecular complexity index is 1120. The lowest BCUT2D eigenvalue weighted by Crippen LogP contribution is -2.46. The fourth-order valence-corrected chi connectivity index (χ4v) is 4.17. The molecule has 1 aliphatic rings. The number of carbonyl (C=O) groups excluding carboxylic acids is 1. The van der Waals surface area contributed by atoms with E-state index in [0.29, 0.717) is 15.6 Å². The molecule has 1 saturated heterocycles. The van der Waals surface area contributed by atoms with Crippen LogP contribution in [0, 0.1) is 0 Å². The van der Waals surface area contributed by atoms with Gasteiger partial charge in [0.2, 0.25) is 0 Å². The minimum atomic E-state index is -0.179. The van der Waals surface area contributed by atoms with Crippen molar-refractivity contribution in [3.63, 3.8) is 0 Å². The van der Waals surface area contributed by atoms with Gasteiger partial charge in [-0.2, -0.15) is 0 Å². The SMILES string of the molecule is O=C(Nc1ccc(Cl)cc1N1CCN(CC=Cc2ccc(Cl)cc2)CC1)c1ccc(Cl)cc1. The number of piperazine rings is 1. The van der Waals surface area contributed by atoms with E-state index in [2.05, 4.69) is 27.3 Å². The minimum absolute atomic E-state index is 0.179. The minimum Gasteiger partial charge on any atom is -0.367 e. The van der Waals surface area contributed by atoms with Crippen molar-refractivity contribution in [3.05, 3.63) is 99.0 Å². The summed E-state index contributed by atoms with van der Waals surface area (Å²) in [6.07, 6.45) is 4.29. The molecule has 1 fully saturated rings. The number of hydrogen-bond acceptors (Lipinski definition) is 3. The molecule has 3 aromatic rings. The number of carbonyl (C=O) groups is 1. The highest BCUT2D eigenvalue weighted by molar-refractivity contribution is 6.31. The molecule has 0 saturated carbocycles. The van der Waals surface area contributed by atoms with Gasteiger partial charge in [-0.1, -0.05) is 59.1 Å². The lowest BCUT2D eigenvalue weighted by Gasteiger charge is -2.36. The summed E-state index contributed by atoms with van der Waals surface area (Å²) >= 11 is 18.2. The molecule has 33 heavy (non-hydrogen) atoms. The number of rotatable bonds is 6. The van der Waals surface area contributed by atoms with Crippen molar-refractivity contribution in [2.45, 2.75) is 0 Å². The molecule has 0 unspecified atom stereocenters. The maximum Gasteiger partial charge on any atom is 0.255 e. The molecule has 0 atom stereocenters. The van der Waals surface area contributed by atoms with Gasteiger partial charge in [0.05, 0.1) is 11.4 Å². The fourth-order valence-electron chi connectivity index (χ4n) is 3.75. The number of amides is 1. The molecule has 1 N–H and O–H groups in total. The zero-order chi connectivity index (χ0) is 23.2. The normalized spacial score (nSPS) is 14.6. The molecule has 7 heteroatoms. The average molecular weight is 501 g/mol. The van der Waals surface area contributed by atoms with E-state index in [4.69, 9.17) is 34.8 Å². The summed E-state index contributed by atoms with van der Waals surface area (Å²) in [4.78, 5) is 17.4. The molecular formula is C26H24Cl3N3O. The Morgan fingerprint density at radius 2 is 1.42 bits per heavy atom. The standard InChI is InChI=1S/C26H24Cl3N3O/c27-21-7-3-19(4-8-21)2-1-13-31-14-16-32(17-15-31)25-18-23(29)11-12-24(25)30-26(33)20-5-9-22(28)10-6-20/h1-12,18H,13-17H2,(H,30,33). The number of halogens is 3. The molecule has 4 nitrogen and oxygen atoms in total. The predicted molar refractivity (Wildman–Crippen MR) is 140 cm³/mol. The molecule has 3 aromatic carbocycles. The van der Waals surface area contributed by atoms with Crippen molar-refractivity contribution < 1.29 is 4.79 Å². The van der Waals surface area contributed by atoms with Crippen molar-refractivity contribution in [1.29, 1.82) is 0 Å². The topological polar surface area (TPSA) is 35.6 Å². The second-order valence-electron chi connectivity index (χ2n) is 7.86. The van der Waals surface area contributed by atoms with E-state index in [1.54, 1.807) is 30.3 Å². The Morgan fingerprint density at radius 1 is 0.818 bits per heavy atom. The van der Waals surface area contributed by atoms with Crippen LogP contribution in [0.4, 0.5) is 11.4 Å². The van der Waals surface area contributed by atoms with Crippen LogP contribution in [0.25, 0.3) is 6.08 Å². The third-order valence-electron chi connectivity index (χ3n) is 5.57. The van der Waals surface area contributed by atoms with E-state index >= 15 is 0 Å². The van der Waals surface area contributed by atoms with Crippen LogP contribution >= 0.6 is 34.8 Å². The van der Waals surface area contributed by atoms with Gasteiger partial charge in [-0.3, -0.25) is 9.69 Å². The molecule has 0 radical (unpaired) electrons. The molecule has 1 aliphatic heterocycles. The summed E-state index contributed by atoms with van der Waals surface area (Å²) < 4.78 is 0. The van der Waals surface area contributed by atoms with Gasteiger partial charge in [0.1, 0.15) is 0 Å². The second kappa shape index (κ2) is 11.1. The first kappa shape index (κ1) is 23.7. The van der Waals surface area contributed by atoms with Crippen molar-refractivity contribution in [2.75, 3.05) is 42.9 Å². The summed E-state index contributed by atoms with van der Waals surface area (Å²) in [5.41, 5.74) is 3.37. The summed E-state index contributed by atoms with van der Waals surface area (Å²) in [7, 11) is 0. The van der Waals surface area contributed by atoms with E-state index in [9.17, 15) is 4.79 Å². The van der Waals surface area contributed by atoms with E-state index in [0.717, 1.165) is 54.7 Å². The van der Waals surface area contributed by atoms with Crippen molar-refractivity contribution in [1.82, 2.24) is 4.90 Å². The van der Waals surface area contributed by atoms with E-state index in [1.165, 1.54) is 0 Å². The molecule has 1 heterocycles. The Hall–Kier alpha value is -2.50. The van der Waals surface area contributed by atoms with Crippen LogP contribution in [0.3, 0.4) is 0 Å². The first-order valence-electron chi connectivity index (χ1n) is 10.7. The van der Waals surface area contributed by atoms with Gasteiger partial charge in [-0.15, -0.1) is 0 Å². The zero-order valence-corrected chi connectivity index (χ0v) is 20.2. The fraction of sp³-hybridized carbons (Fsp3) is 0.192. The van der Waals surface area contributed by atoms with Crippen molar-refractivity contribution >= 4 is 58.2 Å². The molecule has 0 aliphatic carbocycles. The maximum absolute atomic E-state index is 12.7. The molecular weight excluding hydrogens is 477 g/mol. The number of nitrogens with one attached hydrogen (secondary N) is 1. The van der Waals surface area contributed by atoms with Gasteiger partial charge < -0.3 is 10.2 Å². The number of hydrogen-bond donors (Lipinski definition) is 1. The molecule has 0 spiro atoms. The number of nitrogens with zero attached hydrogens (tertiary/aromatic N) is 2. The third-order valence-corrected chi connectivity index (χ3v) is 6.31. The first-order valence-corrected chi connectivity index (χ1v) is 11.9. The summed E-state index contributed by atoms with van der Waals surface area (Å²) in [6, 6.07) is 20.2. The highest BCUT2D eigenvalue weighted by Crippen LogP contribution is 2.31. The largest absolute Gasteiger partial charge is 0.367 e. The van der Waals surface area contributed by atoms with E-state index in [-0.39, 0.29) is 5.91 Å². The number of anilines is 2. The second-order valence-corrected chi connectivity index (χ2v) is 9.17. The van der Waals surface area contributed by atoms with Crippen LogP contribution in [0.5, 0.6) is 0 Å². The Labute approximate surface area is 209 Å². The van der Waals surface area contributed by atoms with Gasteiger partial charge in [0, 0.05) is 53.4 Å². The predicted octanol–water partition coefficient (Wildman–Crippen LogP) is 6.73.